The number of hydrogen-bond donors (Lipinski definition) is 1. The Morgan fingerprint density at radius 3 is 3.14 bits per heavy atom. The average molecular weight is 189 g/mol. The molecule has 14 heavy (non-hydrogen) atoms. The van der Waals surface area contributed by atoms with E-state index in [0.29, 0.717) is 6.04 Å². The molecule has 2 aromatic heterocycles. The fraction of sp³-hybridized carbons (Fsp3) is 0.364. The van der Waals surface area contributed by atoms with E-state index in [2.05, 4.69) is 40.1 Å². The normalized spacial score (nSPS) is 13.3. The number of pyridine rings is 1. The number of aromatic nitrogens is 2. The van der Waals surface area contributed by atoms with Gasteiger partial charge in [-0.1, -0.05) is 0 Å². The second kappa shape index (κ2) is 3.80. The third kappa shape index (κ3) is 1.63. The topological polar surface area (TPSA) is 29.9 Å². The third-order valence-corrected chi connectivity index (χ3v) is 2.53. The van der Waals surface area contributed by atoms with Crippen LogP contribution in [-0.4, -0.2) is 22.6 Å². The first-order valence-corrected chi connectivity index (χ1v) is 4.87. The van der Waals surface area contributed by atoms with Crippen molar-refractivity contribution in [1.82, 2.24) is 14.9 Å². The molecule has 0 saturated heterocycles. The molecule has 74 valence electrons. The fourth-order valence-corrected chi connectivity index (χ4v) is 1.59. The minimum absolute atomic E-state index is 0.485. The van der Waals surface area contributed by atoms with Crippen LogP contribution in [0.4, 0.5) is 0 Å². The number of likely N-dealkylation sites (N-methyl/N-ethyl adjacent to an activating group) is 1. The lowest BCUT2D eigenvalue weighted by atomic mass is 10.3. The highest BCUT2D eigenvalue weighted by Crippen LogP contribution is 2.13. The van der Waals surface area contributed by atoms with Crippen LogP contribution in [0.1, 0.15) is 6.92 Å². The fourth-order valence-electron chi connectivity index (χ4n) is 1.59. The van der Waals surface area contributed by atoms with Crippen LogP contribution in [-0.2, 0) is 6.54 Å². The maximum Gasteiger partial charge on any atom is 0.0511 e. The molecular weight excluding hydrogens is 174 g/mol. The zero-order valence-corrected chi connectivity index (χ0v) is 8.57. The lowest BCUT2D eigenvalue weighted by Gasteiger charge is -2.11. The Morgan fingerprint density at radius 2 is 2.36 bits per heavy atom. The first kappa shape index (κ1) is 9.21. The summed E-state index contributed by atoms with van der Waals surface area (Å²) in [5.41, 5.74) is 1.25. The minimum atomic E-state index is 0.485. The Balaban J connectivity index is 2.33. The SMILES string of the molecule is CNC(C)Cn1ccc2cnccc21. The summed E-state index contributed by atoms with van der Waals surface area (Å²) in [5.74, 6) is 0. The predicted molar refractivity (Wildman–Crippen MR) is 58.3 cm³/mol. The second-order valence-corrected chi connectivity index (χ2v) is 3.59. The van der Waals surface area contributed by atoms with Crippen molar-refractivity contribution >= 4 is 10.9 Å². The van der Waals surface area contributed by atoms with E-state index in [9.17, 15) is 0 Å². The number of nitrogens with zero attached hydrogens (tertiary/aromatic N) is 2. The standard InChI is InChI=1S/C11H15N3/c1-9(12-2)8-14-6-4-10-7-13-5-3-11(10)14/h3-7,9,12H,8H2,1-2H3. The van der Waals surface area contributed by atoms with Crippen LogP contribution in [0.5, 0.6) is 0 Å². The largest absolute Gasteiger partial charge is 0.346 e. The molecule has 3 nitrogen and oxygen atoms in total. The van der Waals surface area contributed by atoms with Crippen molar-refractivity contribution in [1.29, 1.82) is 0 Å². The summed E-state index contributed by atoms with van der Waals surface area (Å²) in [7, 11) is 1.98. The average Bonchev–Trinajstić information content (AvgIpc) is 2.62. The van der Waals surface area contributed by atoms with Gasteiger partial charge in [-0.05, 0) is 26.1 Å². The van der Waals surface area contributed by atoms with Gasteiger partial charge in [0.15, 0.2) is 0 Å². The first-order valence-electron chi connectivity index (χ1n) is 4.87. The molecule has 2 rings (SSSR count). The van der Waals surface area contributed by atoms with Crippen LogP contribution in [0.2, 0.25) is 0 Å². The Morgan fingerprint density at radius 1 is 1.50 bits per heavy atom. The van der Waals surface area contributed by atoms with Crippen LogP contribution in [0, 0.1) is 0 Å². The summed E-state index contributed by atoms with van der Waals surface area (Å²) < 4.78 is 2.25. The van der Waals surface area contributed by atoms with Gasteiger partial charge in [-0.2, -0.15) is 0 Å². The van der Waals surface area contributed by atoms with E-state index < -0.39 is 0 Å². The van der Waals surface area contributed by atoms with Crippen molar-refractivity contribution in [2.45, 2.75) is 19.5 Å². The molecule has 2 aromatic rings. The molecular formula is C11H15N3. The van der Waals surface area contributed by atoms with Gasteiger partial charge in [0.1, 0.15) is 0 Å². The van der Waals surface area contributed by atoms with Crippen molar-refractivity contribution in [3.05, 3.63) is 30.7 Å². The molecule has 0 amide bonds. The van der Waals surface area contributed by atoms with Crippen molar-refractivity contribution in [3.63, 3.8) is 0 Å². The molecule has 0 spiro atoms. The minimum Gasteiger partial charge on any atom is -0.346 e. The molecule has 0 fully saturated rings. The zero-order chi connectivity index (χ0) is 9.97. The van der Waals surface area contributed by atoms with Gasteiger partial charge in [-0.15, -0.1) is 0 Å². The molecule has 0 saturated carbocycles. The van der Waals surface area contributed by atoms with E-state index in [1.54, 1.807) is 0 Å². The monoisotopic (exact) mass is 189 g/mol. The lowest BCUT2D eigenvalue weighted by molar-refractivity contribution is 0.525. The van der Waals surface area contributed by atoms with E-state index in [1.165, 1.54) is 10.9 Å². The number of fused-ring (bicyclic) bond motifs is 1. The quantitative estimate of drug-likeness (QED) is 0.795. The van der Waals surface area contributed by atoms with Crippen LogP contribution in [0.25, 0.3) is 10.9 Å². The van der Waals surface area contributed by atoms with Gasteiger partial charge >= 0.3 is 0 Å². The summed E-state index contributed by atoms with van der Waals surface area (Å²) in [4.78, 5) is 4.10. The molecule has 0 aliphatic rings. The van der Waals surface area contributed by atoms with Gasteiger partial charge in [0.25, 0.3) is 0 Å². The first-order chi connectivity index (χ1) is 6.81. The molecule has 1 atom stereocenters. The number of hydrogen-bond acceptors (Lipinski definition) is 2. The smallest absolute Gasteiger partial charge is 0.0511 e. The summed E-state index contributed by atoms with van der Waals surface area (Å²) >= 11 is 0. The van der Waals surface area contributed by atoms with Gasteiger partial charge in [0.05, 0.1) is 5.52 Å². The molecule has 0 aliphatic carbocycles. The van der Waals surface area contributed by atoms with E-state index in [4.69, 9.17) is 0 Å². The molecule has 1 unspecified atom stereocenters. The highest BCUT2D eigenvalue weighted by Gasteiger charge is 2.03. The van der Waals surface area contributed by atoms with Crippen LogP contribution < -0.4 is 5.32 Å². The van der Waals surface area contributed by atoms with Gasteiger partial charge in [-0.3, -0.25) is 4.98 Å². The zero-order valence-electron chi connectivity index (χ0n) is 8.57. The molecule has 0 radical (unpaired) electrons. The Hall–Kier alpha value is -1.35. The Kier molecular flexibility index (Phi) is 2.50. The van der Waals surface area contributed by atoms with Gasteiger partial charge in [0, 0.05) is 36.6 Å². The van der Waals surface area contributed by atoms with Crippen molar-refractivity contribution < 1.29 is 0 Å². The Bertz CT molecular complexity index is 419. The molecule has 2 heterocycles. The van der Waals surface area contributed by atoms with E-state index in [-0.39, 0.29) is 0 Å². The molecule has 0 aromatic carbocycles. The van der Waals surface area contributed by atoms with Crippen LogP contribution in [0.3, 0.4) is 0 Å². The number of rotatable bonds is 3. The highest BCUT2D eigenvalue weighted by atomic mass is 15.0. The van der Waals surface area contributed by atoms with E-state index in [0.717, 1.165) is 6.54 Å². The molecule has 3 heteroatoms. The van der Waals surface area contributed by atoms with Gasteiger partial charge in [0.2, 0.25) is 0 Å². The van der Waals surface area contributed by atoms with Gasteiger partial charge < -0.3 is 9.88 Å². The van der Waals surface area contributed by atoms with E-state index >= 15 is 0 Å². The van der Waals surface area contributed by atoms with Crippen LogP contribution >= 0.6 is 0 Å². The third-order valence-electron chi connectivity index (χ3n) is 2.53. The highest BCUT2D eigenvalue weighted by molar-refractivity contribution is 5.78. The Labute approximate surface area is 83.8 Å². The van der Waals surface area contributed by atoms with Crippen molar-refractivity contribution in [2.24, 2.45) is 0 Å². The number of nitrogens with one attached hydrogen (secondary N) is 1. The maximum atomic E-state index is 4.10. The molecule has 0 bridgehead atoms. The predicted octanol–water partition coefficient (Wildman–Crippen LogP) is 1.64. The van der Waals surface area contributed by atoms with E-state index in [1.807, 2.05) is 19.4 Å². The van der Waals surface area contributed by atoms with Gasteiger partial charge in [-0.25, -0.2) is 0 Å². The summed E-state index contributed by atoms with van der Waals surface area (Å²) in [6.45, 7) is 3.16. The van der Waals surface area contributed by atoms with Crippen molar-refractivity contribution in [3.8, 4) is 0 Å². The lowest BCUT2D eigenvalue weighted by Crippen LogP contribution is -2.26. The van der Waals surface area contributed by atoms with Crippen molar-refractivity contribution in [2.75, 3.05) is 7.05 Å². The summed E-state index contributed by atoms with van der Waals surface area (Å²) in [6, 6.07) is 4.64. The molecule has 0 aliphatic heterocycles. The van der Waals surface area contributed by atoms with Crippen LogP contribution in [0.15, 0.2) is 30.7 Å². The second-order valence-electron chi connectivity index (χ2n) is 3.59. The maximum absolute atomic E-state index is 4.10. The summed E-state index contributed by atoms with van der Waals surface area (Å²) in [6.07, 6.45) is 5.85. The summed E-state index contributed by atoms with van der Waals surface area (Å²) in [5, 5.41) is 4.44. The molecule has 1 N–H and O–H groups in total.